The number of nitrogens with two attached hydrogens (primary N) is 1. The van der Waals surface area contributed by atoms with Gasteiger partial charge in [0.05, 0.1) is 5.60 Å². The summed E-state index contributed by atoms with van der Waals surface area (Å²) in [6, 6.07) is 9.39. The van der Waals surface area contributed by atoms with Gasteiger partial charge in [0, 0.05) is 19.0 Å². The smallest absolute Gasteiger partial charge is 0.218 e. The van der Waals surface area contributed by atoms with Gasteiger partial charge in [-0.05, 0) is 19.4 Å². The predicted molar refractivity (Wildman–Crippen MR) is 67.3 cm³/mol. The number of hydrogen-bond donors (Lipinski definition) is 3. The first-order valence-corrected chi connectivity index (χ1v) is 5.71. The average Bonchev–Trinajstić information content (AvgIpc) is 2.27. The Balaban J connectivity index is 2.53. The highest BCUT2D eigenvalue weighted by molar-refractivity contribution is 5.74. The van der Waals surface area contributed by atoms with E-state index in [0.29, 0.717) is 6.54 Å². The van der Waals surface area contributed by atoms with Crippen molar-refractivity contribution in [2.45, 2.75) is 31.9 Å². The molecular weight excluding hydrogens is 216 g/mol. The van der Waals surface area contributed by atoms with Gasteiger partial charge in [-0.25, -0.2) is 0 Å². The van der Waals surface area contributed by atoms with Crippen molar-refractivity contribution in [3.63, 3.8) is 0 Å². The van der Waals surface area contributed by atoms with Crippen LogP contribution in [0, 0.1) is 0 Å². The van der Waals surface area contributed by atoms with Gasteiger partial charge in [-0.2, -0.15) is 0 Å². The van der Waals surface area contributed by atoms with Crippen LogP contribution in [0.5, 0.6) is 0 Å². The summed E-state index contributed by atoms with van der Waals surface area (Å²) in [7, 11) is 0. The number of rotatable bonds is 6. The van der Waals surface area contributed by atoms with E-state index >= 15 is 0 Å². The number of carbonyl (C=O) groups is 1. The highest BCUT2D eigenvalue weighted by atomic mass is 16.3. The molecule has 0 saturated heterocycles. The van der Waals surface area contributed by atoms with Crippen LogP contribution in [0.15, 0.2) is 30.3 Å². The van der Waals surface area contributed by atoms with E-state index in [0.717, 1.165) is 5.56 Å². The SMILES string of the molecule is CC(CC(N)=O)NCC(C)(O)c1ccccc1. The van der Waals surface area contributed by atoms with Crippen molar-refractivity contribution in [3.05, 3.63) is 35.9 Å². The summed E-state index contributed by atoms with van der Waals surface area (Å²) >= 11 is 0. The van der Waals surface area contributed by atoms with Crippen molar-refractivity contribution in [2.24, 2.45) is 5.73 Å². The molecule has 0 aliphatic rings. The highest BCUT2D eigenvalue weighted by Crippen LogP contribution is 2.19. The topological polar surface area (TPSA) is 75.4 Å². The third-order valence-corrected chi connectivity index (χ3v) is 2.70. The van der Waals surface area contributed by atoms with E-state index in [2.05, 4.69) is 5.32 Å². The van der Waals surface area contributed by atoms with E-state index in [-0.39, 0.29) is 18.4 Å². The van der Waals surface area contributed by atoms with Gasteiger partial charge in [-0.15, -0.1) is 0 Å². The summed E-state index contributed by atoms with van der Waals surface area (Å²) in [4.78, 5) is 10.7. The summed E-state index contributed by atoms with van der Waals surface area (Å²) in [6.45, 7) is 3.99. The summed E-state index contributed by atoms with van der Waals surface area (Å²) in [5.41, 5.74) is 5.00. The minimum Gasteiger partial charge on any atom is -0.384 e. The number of benzene rings is 1. The second kappa shape index (κ2) is 5.80. The van der Waals surface area contributed by atoms with Crippen LogP contribution in [-0.2, 0) is 10.4 Å². The van der Waals surface area contributed by atoms with Gasteiger partial charge >= 0.3 is 0 Å². The van der Waals surface area contributed by atoms with Gasteiger partial charge in [0.25, 0.3) is 0 Å². The van der Waals surface area contributed by atoms with Crippen LogP contribution in [-0.4, -0.2) is 23.6 Å². The fraction of sp³-hybridized carbons (Fsp3) is 0.462. The Labute approximate surface area is 102 Å². The zero-order chi connectivity index (χ0) is 12.9. The minimum absolute atomic E-state index is 0.0392. The van der Waals surface area contributed by atoms with Gasteiger partial charge in [0.1, 0.15) is 0 Å². The average molecular weight is 236 g/mol. The lowest BCUT2D eigenvalue weighted by atomic mass is 9.96. The van der Waals surface area contributed by atoms with Crippen LogP contribution in [0.4, 0.5) is 0 Å². The van der Waals surface area contributed by atoms with Gasteiger partial charge in [-0.3, -0.25) is 4.79 Å². The number of carbonyl (C=O) groups excluding carboxylic acids is 1. The second-order valence-electron chi connectivity index (χ2n) is 4.59. The van der Waals surface area contributed by atoms with E-state index in [1.54, 1.807) is 6.92 Å². The molecule has 4 nitrogen and oxygen atoms in total. The molecule has 0 spiro atoms. The normalized spacial score (nSPS) is 16.2. The van der Waals surface area contributed by atoms with Crippen molar-refractivity contribution >= 4 is 5.91 Å². The van der Waals surface area contributed by atoms with Gasteiger partial charge in [-0.1, -0.05) is 30.3 Å². The van der Waals surface area contributed by atoms with Crippen molar-refractivity contribution in [3.8, 4) is 0 Å². The molecule has 1 rings (SSSR count). The first-order valence-electron chi connectivity index (χ1n) is 5.71. The van der Waals surface area contributed by atoms with Crippen LogP contribution in [0.2, 0.25) is 0 Å². The number of hydrogen-bond acceptors (Lipinski definition) is 3. The third kappa shape index (κ3) is 4.54. The lowest BCUT2D eigenvalue weighted by Gasteiger charge is -2.26. The van der Waals surface area contributed by atoms with Gasteiger partial charge in [0.15, 0.2) is 0 Å². The van der Waals surface area contributed by atoms with Crippen molar-refractivity contribution in [1.82, 2.24) is 5.32 Å². The largest absolute Gasteiger partial charge is 0.384 e. The Kier molecular flexibility index (Phi) is 4.66. The van der Waals surface area contributed by atoms with Crippen molar-refractivity contribution in [2.75, 3.05) is 6.54 Å². The fourth-order valence-electron chi connectivity index (χ4n) is 1.65. The summed E-state index contributed by atoms with van der Waals surface area (Å²) < 4.78 is 0. The third-order valence-electron chi connectivity index (χ3n) is 2.70. The molecular formula is C13H20N2O2. The van der Waals surface area contributed by atoms with Crippen LogP contribution in [0.1, 0.15) is 25.8 Å². The molecule has 94 valence electrons. The standard InChI is InChI=1S/C13H20N2O2/c1-10(8-12(14)16)15-9-13(2,17)11-6-4-3-5-7-11/h3-7,10,15,17H,8-9H2,1-2H3,(H2,14,16). The lowest BCUT2D eigenvalue weighted by molar-refractivity contribution is -0.118. The predicted octanol–water partition coefficient (Wildman–Crippen LogP) is 0.748. The maximum Gasteiger partial charge on any atom is 0.218 e. The van der Waals surface area contributed by atoms with E-state index in [9.17, 15) is 9.90 Å². The molecule has 0 bridgehead atoms. The van der Waals surface area contributed by atoms with Gasteiger partial charge in [0.2, 0.25) is 5.91 Å². The fourth-order valence-corrected chi connectivity index (χ4v) is 1.65. The summed E-state index contributed by atoms with van der Waals surface area (Å²) in [5, 5.41) is 13.4. The number of aliphatic hydroxyl groups is 1. The number of nitrogens with one attached hydrogen (secondary N) is 1. The molecule has 0 saturated carbocycles. The van der Waals surface area contributed by atoms with Crippen LogP contribution in [0.25, 0.3) is 0 Å². The number of amides is 1. The molecule has 2 atom stereocenters. The molecule has 17 heavy (non-hydrogen) atoms. The molecule has 0 aliphatic carbocycles. The molecule has 1 aromatic rings. The lowest BCUT2D eigenvalue weighted by Crippen LogP contribution is -2.41. The van der Waals surface area contributed by atoms with E-state index in [1.165, 1.54) is 0 Å². The highest BCUT2D eigenvalue weighted by Gasteiger charge is 2.23. The Bertz CT molecular complexity index is 363. The quantitative estimate of drug-likeness (QED) is 0.682. The molecule has 4 heteroatoms. The Morgan fingerprint density at radius 1 is 1.47 bits per heavy atom. The summed E-state index contributed by atoms with van der Waals surface area (Å²) in [6.07, 6.45) is 0.269. The van der Waals surface area contributed by atoms with Crippen LogP contribution >= 0.6 is 0 Å². The maximum atomic E-state index is 10.7. The Hall–Kier alpha value is -1.39. The summed E-state index contributed by atoms with van der Waals surface area (Å²) in [5.74, 6) is -0.343. The second-order valence-corrected chi connectivity index (χ2v) is 4.59. The van der Waals surface area contributed by atoms with Crippen LogP contribution in [0.3, 0.4) is 0 Å². The molecule has 1 aromatic carbocycles. The molecule has 0 aromatic heterocycles. The molecule has 0 fully saturated rings. The molecule has 0 heterocycles. The molecule has 2 unspecified atom stereocenters. The zero-order valence-electron chi connectivity index (χ0n) is 10.3. The molecule has 0 radical (unpaired) electrons. The Morgan fingerprint density at radius 2 is 2.06 bits per heavy atom. The molecule has 4 N–H and O–H groups in total. The van der Waals surface area contributed by atoms with Crippen molar-refractivity contribution in [1.29, 1.82) is 0 Å². The first kappa shape index (κ1) is 13.7. The monoisotopic (exact) mass is 236 g/mol. The zero-order valence-corrected chi connectivity index (χ0v) is 10.3. The number of primary amides is 1. The van der Waals surface area contributed by atoms with E-state index in [1.807, 2.05) is 37.3 Å². The minimum atomic E-state index is -0.951. The first-order chi connectivity index (χ1) is 7.92. The molecule has 0 aliphatic heterocycles. The van der Waals surface area contributed by atoms with E-state index < -0.39 is 5.60 Å². The van der Waals surface area contributed by atoms with Gasteiger partial charge < -0.3 is 16.2 Å². The Morgan fingerprint density at radius 3 is 2.59 bits per heavy atom. The van der Waals surface area contributed by atoms with Crippen LogP contribution < -0.4 is 11.1 Å². The van der Waals surface area contributed by atoms with Crippen molar-refractivity contribution < 1.29 is 9.90 Å². The van der Waals surface area contributed by atoms with E-state index in [4.69, 9.17) is 5.73 Å². The molecule has 1 amide bonds. The maximum absolute atomic E-state index is 10.7.